The van der Waals surface area contributed by atoms with E-state index < -0.39 is 18.0 Å². The molecule has 2 atom stereocenters. The van der Waals surface area contributed by atoms with Gasteiger partial charge in [0.1, 0.15) is 23.4 Å². The molecule has 6 heteroatoms. The van der Waals surface area contributed by atoms with Crippen LogP contribution in [0.1, 0.15) is 24.4 Å². The minimum absolute atomic E-state index is 0.349. The van der Waals surface area contributed by atoms with E-state index >= 15 is 0 Å². The van der Waals surface area contributed by atoms with Crippen molar-refractivity contribution in [2.24, 2.45) is 7.05 Å². The fraction of sp³-hybridized carbons (Fsp3) is 0.200. The lowest BCUT2D eigenvalue weighted by molar-refractivity contribution is -0.127. The van der Waals surface area contributed by atoms with Crippen molar-refractivity contribution in [2.45, 2.75) is 19.1 Å². The Morgan fingerprint density at radius 3 is 2.50 bits per heavy atom. The molecule has 0 aliphatic rings. The Labute approximate surface area is 151 Å². The molecule has 0 aliphatic heterocycles. The number of carbonyl (C=O) groups excluding carboxylic acids is 1. The molecule has 0 unspecified atom stereocenters. The fourth-order valence-electron chi connectivity index (χ4n) is 2.66. The lowest BCUT2D eigenvalue weighted by Gasteiger charge is -2.22. The maximum Gasteiger partial charge on any atom is 0.261 e. The van der Waals surface area contributed by atoms with Gasteiger partial charge in [0.2, 0.25) is 0 Å². The molecule has 0 saturated carbocycles. The summed E-state index contributed by atoms with van der Waals surface area (Å²) < 4.78 is 21.7. The monoisotopic (exact) mass is 353 g/mol. The van der Waals surface area contributed by atoms with E-state index in [-0.39, 0.29) is 5.91 Å². The number of imidazole rings is 1. The van der Waals surface area contributed by atoms with Crippen LogP contribution < -0.4 is 10.1 Å². The largest absolute Gasteiger partial charge is 0.481 e. The molecule has 1 heterocycles. The van der Waals surface area contributed by atoms with Gasteiger partial charge in [-0.25, -0.2) is 9.37 Å². The summed E-state index contributed by atoms with van der Waals surface area (Å²) in [6.45, 7) is 1.65. The van der Waals surface area contributed by atoms with Crippen molar-refractivity contribution >= 4 is 5.91 Å². The summed E-state index contributed by atoms with van der Waals surface area (Å²) in [6, 6.07) is 14.7. The number of benzene rings is 2. The van der Waals surface area contributed by atoms with Crippen LogP contribution in [0.4, 0.5) is 4.39 Å². The number of rotatable bonds is 6. The van der Waals surface area contributed by atoms with E-state index in [0.29, 0.717) is 17.1 Å². The number of carbonyl (C=O) groups is 1. The predicted octanol–water partition coefficient (Wildman–Crippen LogP) is 3.23. The van der Waals surface area contributed by atoms with Crippen LogP contribution in [0.25, 0.3) is 0 Å². The maximum absolute atomic E-state index is 14.3. The van der Waals surface area contributed by atoms with Gasteiger partial charge in [-0.2, -0.15) is 0 Å². The number of para-hydroxylation sites is 1. The maximum atomic E-state index is 14.3. The molecular weight excluding hydrogens is 333 g/mol. The third kappa shape index (κ3) is 3.91. The predicted molar refractivity (Wildman–Crippen MR) is 96.1 cm³/mol. The van der Waals surface area contributed by atoms with Gasteiger partial charge in [-0.1, -0.05) is 36.4 Å². The highest BCUT2D eigenvalue weighted by Gasteiger charge is 2.26. The molecule has 0 fully saturated rings. The highest BCUT2D eigenvalue weighted by atomic mass is 19.1. The van der Waals surface area contributed by atoms with E-state index in [9.17, 15) is 9.18 Å². The van der Waals surface area contributed by atoms with Gasteiger partial charge in [0.15, 0.2) is 6.10 Å². The third-order valence-electron chi connectivity index (χ3n) is 4.04. The first kappa shape index (κ1) is 17.7. The zero-order chi connectivity index (χ0) is 18.5. The Balaban J connectivity index is 1.83. The van der Waals surface area contributed by atoms with Gasteiger partial charge in [0, 0.05) is 25.0 Å². The van der Waals surface area contributed by atoms with Crippen molar-refractivity contribution in [3.8, 4) is 5.75 Å². The smallest absolute Gasteiger partial charge is 0.261 e. The highest BCUT2D eigenvalue weighted by Crippen LogP contribution is 2.23. The van der Waals surface area contributed by atoms with Gasteiger partial charge >= 0.3 is 0 Å². The molecule has 0 spiro atoms. The summed E-state index contributed by atoms with van der Waals surface area (Å²) in [5.74, 6) is 0.368. The summed E-state index contributed by atoms with van der Waals surface area (Å²) in [6.07, 6.45) is 2.62. The zero-order valence-corrected chi connectivity index (χ0v) is 14.6. The van der Waals surface area contributed by atoms with Crippen LogP contribution in [0.2, 0.25) is 0 Å². The number of hydrogen-bond donors (Lipinski definition) is 1. The van der Waals surface area contributed by atoms with Crippen molar-refractivity contribution < 1.29 is 13.9 Å². The molecule has 134 valence electrons. The number of ether oxygens (including phenoxy) is 1. The Bertz CT molecular complexity index is 880. The normalized spacial score (nSPS) is 13.0. The number of nitrogens with zero attached hydrogens (tertiary/aromatic N) is 2. The Morgan fingerprint density at radius 2 is 1.85 bits per heavy atom. The molecule has 0 radical (unpaired) electrons. The van der Waals surface area contributed by atoms with Gasteiger partial charge in [-0.15, -0.1) is 0 Å². The molecular formula is C20H20FN3O2. The number of aromatic nitrogens is 2. The first-order chi connectivity index (χ1) is 12.6. The molecule has 0 bridgehead atoms. The lowest BCUT2D eigenvalue weighted by Crippen LogP contribution is -2.40. The number of hydrogen-bond acceptors (Lipinski definition) is 3. The molecule has 5 nitrogen and oxygen atoms in total. The zero-order valence-electron chi connectivity index (χ0n) is 14.6. The molecule has 0 saturated heterocycles. The van der Waals surface area contributed by atoms with Crippen LogP contribution in [0.3, 0.4) is 0 Å². The van der Waals surface area contributed by atoms with Crippen molar-refractivity contribution in [2.75, 3.05) is 0 Å². The van der Waals surface area contributed by atoms with Crippen LogP contribution in [-0.4, -0.2) is 21.6 Å². The number of halogens is 1. The van der Waals surface area contributed by atoms with Gasteiger partial charge in [-0.3, -0.25) is 4.79 Å². The van der Waals surface area contributed by atoms with Gasteiger partial charge in [0.05, 0.1) is 0 Å². The first-order valence-electron chi connectivity index (χ1n) is 8.30. The minimum atomic E-state index is -0.744. The fourth-order valence-corrected chi connectivity index (χ4v) is 2.66. The molecule has 3 aromatic rings. The van der Waals surface area contributed by atoms with Crippen molar-refractivity contribution in [3.63, 3.8) is 0 Å². The molecule has 1 N–H and O–H groups in total. The molecule has 0 aliphatic carbocycles. The summed E-state index contributed by atoms with van der Waals surface area (Å²) >= 11 is 0. The first-order valence-corrected chi connectivity index (χ1v) is 8.30. The van der Waals surface area contributed by atoms with Gasteiger partial charge in [0.25, 0.3) is 5.91 Å². The van der Waals surface area contributed by atoms with Crippen LogP contribution in [-0.2, 0) is 11.8 Å². The van der Waals surface area contributed by atoms with Crippen LogP contribution in [0, 0.1) is 5.82 Å². The Kier molecular flexibility index (Phi) is 5.31. The SMILES string of the molecule is C[C@@H](Oc1ccccc1)C(=O)N[C@@H](c1ccccc1F)c1nccn1C. The second kappa shape index (κ2) is 7.82. The summed E-state index contributed by atoms with van der Waals surface area (Å²) in [5, 5.41) is 2.85. The van der Waals surface area contributed by atoms with Crippen LogP contribution in [0.15, 0.2) is 67.0 Å². The van der Waals surface area contributed by atoms with E-state index in [2.05, 4.69) is 10.3 Å². The highest BCUT2D eigenvalue weighted by molar-refractivity contribution is 5.81. The lowest BCUT2D eigenvalue weighted by atomic mass is 10.0. The van der Waals surface area contributed by atoms with Gasteiger partial charge < -0.3 is 14.6 Å². The van der Waals surface area contributed by atoms with E-state index in [1.54, 1.807) is 61.3 Å². The molecule has 1 aromatic heterocycles. The summed E-state index contributed by atoms with van der Waals surface area (Å²) in [5.41, 5.74) is 0.349. The Hall–Kier alpha value is -3.15. The Morgan fingerprint density at radius 1 is 1.15 bits per heavy atom. The summed E-state index contributed by atoms with van der Waals surface area (Å²) in [7, 11) is 1.80. The number of aryl methyl sites for hydroxylation is 1. The molecule has 26 heavy (non-hydrogen) atoms. The molecule has 3 rings (SSSR count). The number of nitrogens with one attached hydrogen (secondary N) is 1. The molecule has 1 amide bonds. The standard InChI is InChI=1S/C20H20FN3O2/c1-14(26-15-8-4-3-5-9-15)20(25)23-18(19-22-12-13-24(19)2)16-10-6-7-11-17(16)21/h3-14,18H,1-2H3,(H,23,25)/t14-,18+/m1/s1. The topological polar surface area (TPSA) is 56.1 Å². The average Bonchev–Trinajstić information content (AvgIpc) is 3.07. The quantitative estimate of drug-likeness (QED) is 0.740. The van der Waals surface area contributed by atoms with E-state index in [0.717, 1.165) is 0 Å². The van der Waals surface area contributed by atoms with E-state index in [4.69, 9.17) is 4.74 Å². The van der Waals surface area contributed by atoms with Gasteiger partial charge in [-0.05, 0) is 25.1 Å². The van der Waals surface area contributed by atoms with Crippen LogP contribution >= 0.6 is 0 Å². The van der Waals surface area contributed by atoms with E-state index in [1.807, 2.05) is 18.2 Å². The average molecular weight is 353 g/mol. The van der Waals surface area contributed by atoms with Crippen molar-refractivity contribution in [3.05, 3.63) is 84.2 Å². The second-order valence-corrected chi connectivity index (χ2v) is 5.93. The van der Waals surface area contributed by atoms with E-state index in [1.165, 1.54) is 6.07 Å². The van der Waals surface area contributed by atoms with Crippen molar-refractivity contribution in [1.29, 1.82) is 0 Å². The van der Waals surface area contributed by atoms with Crippen LogP contribution in [0.5, 0.6) is 5.75 Å². The third-order valence-corrected chi connectivity index (χ3v) is 4.04. The molecule has 2 aromatic carbocycles. The minimum Gasteiger partial charge on any atom is -0.481 e. The van der Waals surface area contributed by atoms with Crippen molar-refractivity contribution in [1.82, 2.24) is 14.9 Å². The second-order valence-electron chi connectivity index (χ2n) is 5.93. The summed E-state index contributed by atoms with van der Waals surface area (Å²) in [4.78, 5) is 16.9. The number of amides is 1.